The Kier molecular flexibility index (Phi) is 6.51. The van der Waals surface area contributed by atoms with Crippen LogP contribution in [-0.2, 0) is 30.7 Å². The number of carboxylic acids is 1. The molecular weight excluding hydrogens is 393 g/mol. The number of anilines is 1. The molecule has 0 atom stereocenters. The van der Waals surface area contributed by atoms with Gasteiger partial charge in [0.1, 0.15) is 18.2 Å². The number of rotatable bonds is 9. The van der Waals surface area contributed by atoms with Gasteiger partial charge in [0.2, 0.25) is 0 Å². The number of carboxylic acid groups (broad SMARTS) is 1. The molecule has 160 valence electrons. The van der Waals surface area contributed by atoms with E-state index in [-0.39, 0.29) is 12.8 Å². The van der Waals surface area contributed by atoms with Crippen molar-refractivity contribution in [3.05, 3.63) is 94.8 Å². The van der Waals surface area contributed by atoms with Gasteiger partial charge in [0.25, 0.3) is 0 Å². The van der Waals surface area contributed by atoms with Crippen LogP contribution in [0.2, 0.25) is 0 Å². The Morgan fingerprint density at radius 1 is 1.00 bits per heavy atom. The Morgan fingerprint density at radius 3 is 2.61 bits per heavy atom. The SMILES string of the molecule is O=C(O)CCc1ccc(OCc2cccc3c2N(CCc2ccccc2)CC3)cc1F. The molecule has 1 aliphatic heterocycles. The topological polar surface area (TPSA) is 49.8 Å². The number of benzene rings is 3. The van der Waals surface area contributed by atoms with Crippen LogP contribution in [0.15, 0.2) is 66.7 Å². The molecule has 0 aromatic heterocycles. The molecule has 0 saturated carbocycles. The maximum atomic E-state index is 14.3. The highest BCUT2D eigenvalue weighted by Gasteiger charge is 2.22. The number of hydrogen-bond donors (Lipinski definition) is 1. The number of nitrogens with zero attached hydrogens (tertiary/aromatic N) is 1. The molecule has 3 aromatic carbocycles. The molecule has 1 aliphatic rings. The van der Waals surface area contributed by atoms with Crippen molar-refractivity contribution in [3.63, 3.8) is 0 Å². The summed E-state index contributed by atoms with van der Waals surface area (Å²) in [5.74, 6) is -0.918. The van der Waals surface area contributed by atoms with E-state index in [1.807, 2.05) is 12.1 Å². The van der Waals surface area contributed by atoms with Crippen molar-refractivity contribution in [3.8, 4) is 5.75 Å². The molecular formula is C26H26FNO3. The number of carbonyl (C=O) groups is 1. The van der Waals surface area contributed by atoms with Crippen molar-refractivity contribution in [2.24, 2.45) is 0 Å². The lowest BCUT2D eigenvalue weighted by Gasteiger charge is -2.22. The maximum Gasteiger partial charge on any atom is 0.303 e. The summed E-state index contributed by atoms with van der Waals surface area (Å²) in [6, 6.07) is 21.4. The van der Waals surface area contributed by atoms with E-state index in [4.69, 9.17) is 9.84 Å². The van der Waals surface area contributed by atoms with Gasteiger partial charge in [-0.3, -0.25) is 4.79 Å². The van der Waals surface area contributed by atoms with E-state index in [0.29, 0.717) is 17.9 Å². The minimum atomic E-state index is -0.936. The van der Waals surface area contributed by atoms with Crippen LogP contribution in [0.1, 0.15) is 28.7 Å². The van der Waals surface area contributed by atoms with Crippen LogP contribution in [0.4, 0.5) is 10.1 Å². The van der Waals surface area contributed by atoms with Gasteiger partial charge in [-0.2, -0.15) is 0 Å². The van der Waals surface area contributed by atoms with Crippen LogP contribution in [-0.4, -0.2) is 24.2 Å². The lowest BCUT2D eigenvalue weighted by atomic mass is 10.1. The number of aliphatic carboxylic acids is 1. The second kappa shape index (κ2) is 9.65. The van der Waals surface area contributed by atoms with E-state index in [1.54, 1.807) is 12.1 Å². The van der Waals surface area contributed by atoms with Gasteiger partial charge in [-0.25, -0.2) is 4.39 Å². The number of halogens is 1. The van der Waals surface area contributed by atoms with Crippen molar-refractivity contribution < 1.29 is 19.0 Å². The van der Waals surface area contributed by atoms with Crippen LogP contribution < -0.4 is 9.64 Å². The van der Waals surface area contributed by atoms with E-state index >= 15 is 0 Å². The van der Waals surface area contributed by atoms with Crippen molar-refractivity contribution in [2.75, 3.05) is 18.0 Å². The van der Waals surface area contributed by atoms with Gasteiger partial charge in [-0.1, -0.05) is 54.6 Å². The molecule has 1 heterocycles. The monoisotopic (exact) mass is 419 g/mol. The average molecular weight is 419 g/mol. The van der Waals surface area contributed by atoms with E-state index < -0.39 is 11.8 Å². The van der Waals surface area contributed by atoms with Gasteiger partial charge in [0.15, 0.2) is 0 Å². The van der Waals surface area contributed by atoms with Gasteiger partial charge in [-0.05, 0) is 42.0 Å². The van der Waals surface area contributed by atoms with Crippen LogP contribution in [0, 0.1) is 5.82 Å². The molecule has 0 unspecified atom stereocenters. The maximum absolute atomic E-state index is 14.3. The quantitative estimate of drug-likeness (QED) is 0.529. The fourth-order valence-corrected chi connectivity index (χ4v) is 4.09. The van der Waals surface area contributed by atoms with E-state index in [1.165, 1.54) is 22.9 Å². The second-order valence-corrected chi connectivity index (χ2v) is 7.83. The average Bonchev–Trinajstić information content (AvgIpc) is 3.20. The highest BCUT2D eigenvalue weighted by atomic mass is 19.1. The van der Waals surface area contributed by atoms with Crippen molar-refractivity contribution >= 4 is 11.7 Å². The van der Waals surface area contributed by atoms with Crippen molar-refractivity contribution in [1.82, 2.24) is 0 Å². The normalized spacial score (nSPS) is 12.6. The largest absolute Gasteiger partial charge is 0.489 e. The minimum Gasteiger partial charge on any atom is -0.489 e. The molecule has 31 heavy (non-hydrogen) atoms. The lowest BCUT2D eigenvalue weighted by molar-refractivity contribution is -0.136. The Balaban J connectivity index is 1.42. The third-order valence-corrected chi connectivity index (χ3v) is 5.71. The second-order valence-electron chi connectivity index (χ2n) is 7.83. The number of para-hydroxylation sites is 1. The first kappa shape index (κ1) is 20.9. The highest BCUT2D eigenvalue weighted by Crippen LogP contribution is 2.33. The predicted octanol–water partition coefficient (Wildman–Crippen LogP) is 5.03. The van der Waals surface area contributed by atoms with Gasteiger partial charge in [0, 0.05) is 36.8 Å². The summed E-state index contributed by atoms with van der Waals surface area (Å²) in [6.45, 7) is 2.30. The van der Waals surface area contributed by atoms with Crippen molar-refractivity contribution in [1.29, 1.82) is 0 Å². The van der Waals surface area contributed by atoms with E-state index in [0.717, 1.165) is 31.5 Å². The van der Waals surface area contributed by atoms with Gasteiger partial charge < -0.3 is 14.7 Å². The first-order valence-electron chi connectivity index (χ1n) is 10.6. The van der Waals surface area contributed by atoms with Crippen molar-refractivity contribution in [2.45, 2.75) is 32.3 Å². The van der Waals surface area contributed by atoms with Crippen LogP contribution in [0.5, 0.6) is 5.75 Å². The lowest BCUT2D eigenvalue weighted by Crippen LogP contribution is -2.24. The third-order valence-electron chi connectivity index (χ3n) is 5.71. The molecule has 0 bridgehead atoms. The standard InChI is InChI=1S/C26H26FNO3/c27-24-17-23(11-9-20(24)10-12-25(29)30)31-18-22-8-4-7-21-14-16-28(26(21)22)15-13-19-5-2-1-3-6-19/h1-9,11,17H,10,12-16,18H2,(H,29,30). The Labute approximate surface area is 181 Å². The number of fused-ring (bicyclic) bond motifs is 1. The fourth-order valence-electron chi connectivity index (χ4n) is 4.09. The minimum absolute atomic E-state index is 0.0912. The first-order chi connectivity index (χ1) is 15.1. The van der Waals surface area contributed by atoms with Crippen LogP contribution >= 0.6 is 0 Å². The Morgan fingerprint density at radius 2 is 1.84 bits per heavy atom. The summed E-state index contributed by atoms with van der Waals surface area (Å²) in [7, 11) is 0. The zero-order valence-corrected chi connectivity index (χ0v) is 17.4. The Bertz CT molecular complexity index is 1050. The fraction of sp³-hybridized carbons (Fsp3) is 0.269. The molecule has 5 heteroatoms. The van der Waals surface area contributed by atoms with Gasteiger partial charge in [-0.15, -0.1) is 0 Å². The number of hydrogen-bond acceptors (Lipinski definition) is 3. The molecule has 3 aromatic rings. The third kappa shape index (κ3) is 5.23. The smallest absolute Gasteiger partial charge is 0.303 e. The summed E-state index contributed by atoms with van der Waals surface area (Å²) in [4.78, 5) is 13.1. The van der Waals surface area contributed by atoms with Crippen LogP contribution in [0.25, 0.3) is 0 Å². The molecule has 4 nitrogen and oxygen atoms in total. The Hall–Kier alpha value is -3.34. The molecule has 0 spiro atoms. The van der Waals surface area contributed by atoms with E-state index in [9.17, 15) is 9.18 Å². The van der Waals surface area contributed by atoms with Crippen LogP contribution in [0.3, 0.4) is 0 Å². The molecule has 0 saturated heterocycles. The summed E-state index contributed by atoms with van der Waals surface area (Å²) < 4.78 is 20.2. The summed E-state index contributed by atoms with van der Waals surface area (Å²) in [5.41, 5.74) is 5.37. The zero-order chi connectivity index (χ0) is 21.6. The summed E-state index contributed by atoms with van der Waals surface area (Å²) >= 11 is 0. The number of aryl methyl sites for hydroxylation is 1. The van der Waals surface area contributed by atoms with Gasteiger partial charge in [0.05, 0.1) is 0 Å². The molecule has 4 rings (SSSR count). The number of ether oxygens (including phenoxy) is 1. The highest BCUT2D eigenvalue weighted by molar-refractivity contribution is 5.67. The summed E-state index contributed by atoms with van der Waals surface area (Å²) in [5, 5.41) is 8.78. The van der Waals surface area contributed by atoms with E-state index in [2.05, 4.69) is 41.3 Å². The molecule has 1 N–H and O–H groups in total. The summed E-state index contributed by atoms with van der Waals surface area (Å²) in [6.07, 6.45) is 2.08. The zero-order valence-electron chi connectivity index (χ0n) is 17.4. The van der Waals surface area contributed by atoms with Gasteiger partial charge >= 0.3 is 5.97 Å². The molecule has 0 fully saturated rings. The molecule has 0 radical (unpaired) electrons. The predicted molar refractivity (Wildman–Crippen MR) is 119 cm³/mol. The first-order valence-corrected chi connectivity index (χ1v) is 10.6. The molecule has 0 aliphatic carbocycles. The molecule has 0 amide bonds.